The van der Waals surface area contributed by atoms with Crippen LogP contribution in [0.3, 0.4) is 0 Å². The van der Waals surface area contributed by atoms with Gasteiger partial charge in [0.1, 0.15) is 11.8 Å². The molecule has 130 valence electrons. The third-order valence-electron chi connectivity index (χ3n) is 3.09. The summed E-state index contributed by atoms with van der Waals surface area (Å²) in [7, 11) is 0. The number of carbonyl (C=O) groups is 1. The first kappa shape index (κ1) is 18.4. The normalized spacial score (nSPS) is 10.6. The van der Waals surface area contributed by atoms with Crippen LogP contribution in [-0.4, -0.2) is 23.7 Å². The second kappa shape index (κ2) is 9.34. The van der Waals surface area contributed by atoms with Gasteiger partial charge in [-0.15, -0.1) is 0 Å². The number of carbonyl (C=O) groups excluding carboxylic acids is 1. The Balaban J connectivity index is 1.81. The predicted molar refractivity (Wildman–Crippen MR) is 95.4 cm³/mol. The zero-order valence-electron chi connectivity index (χ0n) is 13.5. The maximum atomic E-state index is 11.6. The summed E-state index contributed by atoms with van der Waals surface area (Å²) in [4.78, 5) is 21.8. The Morgan fingerprint density at radius 1 is 1.31 bits per heavy atom. The number of amides is 1. The predicted octanol–water partition coefficient (Wildman–Crippen LogP) is 2.66. The molecule has 0 spiro atoms. The van der Waals surface area contributed by atoms with Gasteiger partial charge < -0.3 is 4.74 Å². The van der Waals surface area contributed by atoms with Crippen molar-refractivity contribution >= 4 is 23.9 Å². The number of nitrogens with zero attached hydrogens (tertiary/aromatic N) is 3. The number of nitro groups is 1. The van der Waals surface area contributed by atoms with Crippen molar-refractivity contribution in [2.45, 2.75) is 0 Å². The van der Waals surface area contributed by atoms with Crippen molar-refractivity contribution in [3.8, 4) is 11.8 Å². The van der Waals surface area contributed by atoms with Gasteiger partial charge in [-0.05, 0) is 23.8 Å². The number of hydrogen-bond acceptors (Lipinski definition) is 6. The van der Waals surface area contributed by atoms with Gasteiger partial charge in [-0.2, -0.15) is 10.4 Å². The number of nitriles is 1. The molecule has 2 aromatic carbocycles. The largest absolute Gasteiger partial charge is 0.482 e. The number of hydrazone groups is 1. The van der Waals surface area contributed by atoms with Crippen molar-refractivity contribution in [3.05, 3.63) is 75.8 Å². The lowest BCUT2D eigenvalue weighted by Gasteiger charge is -2.05. The average molecular weight is 350 g/mol. The Morgan fingerprint density at radius 2 is 2.12 bits per heavy atom. The van der Waals surface area contributed by atoms with Gasteiger partial charge in [-0.3, -0.25) is 14.9 Å². The fraction of sp³-hybridized carbons (Fsp3) is 0.0556. The molecule has 0 atom stereocenters. The highest BCUT2D eigenvalue weighted by atomic mass is 16.6. The molecule has 0 saturated carbocycles. The smallest absolute Gasteiger partial charge is 0.277 e. The van der Waals surface area contributed by atoms with Gasteiger partial charge in [0.2, 0.25) is 0 Å². The van der Waals surface area contributed by atoms with Gasteiger partial charge in [-0.25, -0.2) is 5.43 Å². The SMILES string of the molecule is N#Cc1ccccc1OCC(=O)N/N=C/C=C/c1cccc([N+](=O)[O-])c1. The number of allylic oxidation sites excluding steroid dienone is 1. The van der Waals surface area contributed by atoms with E-state index < -0.39 is 10.8 Å². The van der Waals surface area contributed by atoms with Gasteiger partial charge in [0, 0.05) is 18.3 Å². The minimum absolute atomic E-state index is 0.00723. The van der Waals surface area contributed by atoms with Crippen LogP contribution in [0.5, 0.6) is 5.75 Å². The van der Waals surface area contributed by atoms with E-state index in [4.69, 9.17) is 10.00 Å². The lowest BCUT2D eigenvalue weighted by molar-refractivity contribution is -0.384. The minimum atomic E-state index is -0.488. The molecule has 8 nitrogen and oxygen atoms in total. The van der Waals surface area contributed by atoms with Crippen LogP contribution in [0.25, 0.3) is 6.08 Å². The molecular weight excluding hydrogens is 336 g/mol. The van der Waals surface area contributed by atoms with E-state index in [1.807, 2.05) is 6.07 Å². The molecule has 0 aliphatic rings. The molecule has 0 aliphatic heterocycles. The Kier molecular flexibility index (Phi) is 6.59. The highest BCUT2D eigenvalue weighted by Gasteiger charge is 2.05. The molecule has 1 amide bonds. The molecule has 0 heterocycles. The fourth-order valence-corrected chi connectivity index (χ4v) is 1.91. The van der Waals surface area contributed by atoms with Crippen LogP contribution in [0.4, 0.5) is 5.69 Å². The Bertz CT molecular complexity index is 900. The first-order chi connectivity index (χ1) is 12.6. The summed E-state index contributed by atoms with van der Waals surface area (Å²) < 4.78 is 5.26. The highest BCUT2D eigenvalue weighted by molar-refractivity contribution is 5.82. The van der Waals surface area contributed by atoms with Crippen molar-refractivity contribution in [1.82, 2.24) is 5.43 Å². The van der Waals surface area contributed by atoms with E-state index in [0.717, 1.165) is 0 Å². The Morgan fingerprint density at radius 3 is 2.88 bits per heavy atom. The lowest BCUT2D eigenvalue weighted by atomic mass is 10.2. The lowest BCUT2D eigenvalue weighted by Crippen LogP contribution is -2.24. The number of nitrogens with one attached hydrogen (secondary N) is 1. The molecule has 0 aromatic heterocycles. The number of ether oxygens (including phenoxy) is 1. The molecule has 2 rings (SSSR count). The van der Waals surface area contributed by atoms with Crippen molar-refractivity contribution in [3.63, 3.8) is 0 Å². The number of hydrogen-bond donors (Lipinski definition) is 1. The summed E-state index contributed by atoms with van der Waals surface area (Å²) in [5.74, 6) is -0.169. The van der Waals surface area contributed by atoms with Gasteiger partial charge in [0.25, 0.3) is 11.6 Å². The van der Waals surface area contributed by atoms with Crippen LogP contribution in [0.15, 0.2) is 59.7 Å². The maximum Gasteiger partial charge on any atom is 0.277 e. The van der Waals surface area contributed by atoms with E-state index in [1.165, 1.54) is 24.4 Å². The van der Waals surface area contributed by atoms with E-state index >= 15 is 0 Å². The molecule has 26 heavy (non-hydrogen) atoms. The average Bonchev–Trinajstić information content (AvgIpc) is 2.66. The first-order valence-electron chi connectivity index (χ1n) is 7.45. The number of nitro benzene ring substituents is 1. The number of para-hydroxylation sites is 1. The van der Waals surface area contributed by atoms with Crippen molar-refractivity contribution in [2.24, 2.45) is 5.10 Å². The van der Waals surface area contributed by atoms with Crippen molar-refractivity contribution < 1.29 is 14.5 Å². The summed E-state index contributed by atoms with van der Waals surface area (Å²) in [6, 6.07) is 14.6. The molecule has 8 heteroatoms. The third kappa shape index (κ3) is 5.58. The molecule has 0 aliphatic carbocycles. The molecule has 1 N–H and O–H groups in total. The third-order valence-corrected chi connectivity index (χ3v) is 3.09. The van der Waals surface area contributed by atoms with E-state index in [0.29, 0.717) is 16.9 Å². The van der Waals surface area contributed by atoms with Crippen molar-refractivity contribution in [2.75, 3.05) is 6.61 Å². The zero-order valence-corrected chi connectivity index (χ0v) is 13.5. The quantitative estimate of drug-likeness (QED) is 0.468. The van der Waals surface area contributed by atoms with Crippen LogP contribution in [0.2, 0.25) is 0 Å². The molecular formula is C18H14N4O4. The second-order valence-corrected chi connectivity index (χ2v) is 4.92. The monoisotopic (exact) mass is 350 g/mol. The van der Waals surface area contributed by atoms with Gasteiger partial charge in [0.05, 0.1) is 10.5 Å². The first-order valence-corrected chi connectivity index (χ1v) is 7.45. The summed E-state index contributed by atoms with van der Waals surface area (Å²) in [6.07, 6.45) is 4.48. The topological polar surface area (TPSA) is 118 Å². The highest BCUT2D eigenvalue weighted by Crippen LogP contribution is 2.16. The fourth-order valence-electron chi connectivity index (χ4n) is 1.91. The Hall–Kier alpha value is -3.99. The Labute approximate surface area is 149 Å². The molecule has 0 saturated heterocycles. The second-order valence-electron chi connectivity index (χ2n) is 4.92. The molecule has 0 radical (unpaired) electrons. The van der Waals surface area contributed by atoms with Crippen molar-refractivity contribution in [1.29, 1.82) is 5.26 Å². The summed E-state index contributed by atoms with van der Waals surface area (Å²) >= 11 is 0. The molecule has 0 fully saturated rings. The van der Waals surface area contributed by atoms with Gasteiger partial charge in [-0.1, -0.05) is 30.3 Å². The molecule has 0 bridgehead atoms. The minimum Gasteiger partial charge on any atom is -0.482 e. The van der Waals surface area contributed by atoms with Crippen LogP contribution in [0.1, 0.15) is 11.1 Å². The number of benzene rings is 2. The zero-order chi connectivity index (χ0) is 18.8. The van der Waals surface area contributed by atoms with Crippen LogP contribution < -0.4 is 10.2 Å². The maximum absolute atomic E-state index is 11.6. The van der Waals surface area contributed by atoms with Gasteiger partial charge >= 0.3 is 0 Å². The van der Waals surface area contributed by atoms with E-state index in [9.17, 15) is 14.9 Å². The van der Waals surface area contributed by atoms with Gasteiger partial charge in [0.15, 0.2) is 6.61 Å². The summed E-state index contributed by atoms with van der Waals surface area (Å²) in [5.41, 5.74) is 3.23. The van der Waals surface area contributed by atoms with Crippen LogP contribution in [0, 0.1) is 21.4 Å². The summed E-state index contributed by atoms with van der Waals surface area (Å²) in [5, 5.41) is 23.3. The van der Waals surface area contributed by atoms with Crippen LogP contribution in [-0.2, 0) is 4.79 Å². The number of rotatable bonds is 7. The molecule has 2 aromatic rings. The van der Waals surface area contributed by atoms with E-state index in [2.05, 4.69) is 10.5 Å². The summed E-state index contributed by atoms with van der Waals surface area (Å²) in [6.45, 7) is -0.287. The molecule has 0 unspecified atom stereocenters. The van der Waals surface area contributed by atoms with Crippen LogP contribution >= 0.6 is 0 Å². The van der Waals surface area contributed by atoms with E-state index in [-0.39, 0.29) is 12.3 Å². The standard InChI is InChI=1S/C18H14N4O4/c19-12-15-7-1-2-9-17(15)26-13-18(23)21-20-10-4-6-14-5-3-8-16(11-14)22(24)25/h1-11H,13H2,(H,21,23)/b6-4+,20-10+. The number of non-ortho nitro benzene ring substituents is 1. The van der Waals surface area contributed by atoms with E-state index in [1.54, 1.807) is 42.5 Å².